The molecule has 0 aromatic heterocycles. The summed E-state index contributed by atoms with van der Waals surface area (Å²) in [5, 5.41) is 11.1. The molecular formula is C14H17ClO. The molecule has 0 saturated heterocycles. The van der Waals surface area contributed by atoms with Crippen molar-refractivity contribution in [3.63, 3.8) is 0 Å². The van der Waals surface area contributed by atoms with E-state index in [-0.39, 0.29) is 6.10 Å². The van der Waals surface area contributed by atoms with Crippen LogP contribution in [-0.2, 0) is 0 Å². The number of benzene rings is 1. The van der Waals surface area contributed by atoms with Crippen LogP contribution < -0.4 is 0 Å². The van der Waals surface area contributed by atoms with Crippen LogP contribution in [0.4, 0.5) is 0 Å². The minimum atomic E-state index is -0.346. The first-order valence-electron chi connectivity index (χ1n) is 6.21. The molecular weight excluding hydrogens is 220 g/mol. The molecule has 3 rings (SSSR count). The van der Waals surface area contributed by atoms with E-state index in [0.717, 1.165) is 17.4 Å². The molecule has 1 nitrogen and oxygen atoms in total. The third kappa shape index (κ3) is 1.66. The van der Waals surface area contributed by atoms with E-state index in [1.54, 1.807) is 0 Å². The van der Waals surface area contributed by atoms with Crippen molar-refractivity contribution in [3.05, 3.63) is 34.9 Å². The molecule has 0 aliphatic heterocycles. The van der Waals surface area contributed by atoms with Gasteiger partial charge in [0.2, 0.25) is 0 Å². The molecule has 0 amide bonds. The second-order valence-electron chi connectivity index (χ2n) is 5.16. The molecule has 1 aromatic carbocycles. The molecule has 1 aromatic rings. The van der Waals surface area contributed by atoms with Crippen molar-refractivity contribution in [2.45, 2.75) is 31.8 Å². The van der Waals surface area contributed by atoms with E-state index in [1.165, 1.54) is 25.7 Å². The number of hydrogen-bond donors (Lipinski definition) is 1. The molecule has 2 aliphatic carbocycles. The summed E-state index contributed by atoms with van der Waals surface area (Å²) in [5.74, 6) is 2.00. The number of aliphatic hydroxyl groups excluding tert-OH is 1. The number of halogens is 1. The fourth-order valence-corrected chi connectivity index (χ4v) is 3.69. The lowest BCUT2D eigenvalue weighted by atomic mass is 10.0. The zero-order valence-electron chi connectivity index (χ0n) is 9.27. The first kappa shape index (κ1) is 10.6. The minimum Gasteiger partial charge on any atom is -0.388 e. The summed E-state index contributed by atoms with van der Waals surface area (Å²) in [5.41, 5.74) is 0.920. The first-order valence-corrected chi connectivity index (χ1v) is 6.59. The van der Waals surface area contributed by atoms with E-state index in [2.05, 4.69) is 0 Å². The van der Waals surface area contributed by atoms with Crippen LogP contribution in [0.5, 0.6) is 0 Å². The summed E-state index contributed by atoms with van der Waals surface area (Å²) in [6, 6.07) is 7.69. The van der Waals surface area contributed by atoms with Crippen molar-refractivity contribution in [1.29, 1.82) is 0 Å². The van der Waals surface area contributed by atoms with E-state index in [0.29, 0.717) is 10.9 Å². The average molecular weight is 237 g/mol. The van der Waals surface area contributed by atoms with Gasteiger partial charge in [-0.1, -0.05) is 42.6 Å². The van der Waals surface area contributed by atoms with Crippen molar-refractivity contribution in [2.75, 3.05) is 0 Å². The molecule has 2 fully saturated rings. The fourth-order valence-electron chi connectivity index (χ4n) is 3.44. The maximum Gasteiger partial charge on any atom is 0.0838 e. The molecule has 2 aliphatic rings. The van der Waals surface area contributed by atoms with Crippen LogP contribution in [0.15, 0.2) is 24.3 Å². The molecule has 2 heteroatoms. The van der Waals surface area contributed by atoms with Gasteiger partial charge in [0.25, 0.3) is 0 Å². The summed E-state index contributed by atoms with van der Waals surface area (Å²) in [4.78, 5) is 0. The van der Waals surface area contributed by atoms with Gasteiger partial charge in [-0.05, 0) is 42.2 Å². The molecule has 3 atom stereocenters. The zero-order valence-corrected chi connectivity index (χ0v) is 10.0. The SMILES string of the molecule is OC(c1ccccc1Cl)C1C2CCCCC21. The highest BCUT2D eigenvalue weighted by atomic mass is 35.5. The van der Waals surface area contributed by atoms with E-state index >= 15 is 0 Å². The van der Waals surface area contributed by atoms with Crippen molar-refractivity contribution in [3.8, 4) is 0 Å². The maximum atomic E-state index is 10.4. The molecule has 0 spiro atoms. The van der Waals surface area contributed by atoms with Gasteiger partial charge in [0.05, 0.1) is 6.10 Å². The second-order valence-corrected chi connectivity index (χ2v) is 5.56. The molecule has 3 unspecified atom stereocenters. The van der Waals surface area contributed by atoms with Crippen LogP contribution in [0.2, 0.25) is 5.02 Å². The topological polar surface area (TPSA) is 20.2 Å². The Labute approximate surface area is 101 Å². The Morgan fingerprint density at radius 3 is 2.38 bits per heavy atom. The Bertz CT molecular complexity index is 378. The Morgan fingerprint density at radius 1 is 1.12 bits per heavy atom. The number of fused-ring (bicyclic) bond motifs is 1. The highest BCUT2D eigenvalue weighted by molar-refractivity contribution is 6.31. The number of aliphatic hydroxyl groups is 1. The maximum absolute atomic E-state index is 10.4. The average Bonchev–Trinajstić information content (AvgIpc) is 3.03. The van der Waals surface area contributed by atoms with Crippen molar-refractivity contribution < 1.29 is 5.11 Å². The Balaban J connectivity index is 1.79. The first-order chi connectivity index (χ1) is 7.79. The summed E-state index contributed by atoms with van der Waals surface area (Å²) < 4.78 is 0. The molecule has 86 valence electrons. The van der Waals surface area contributed by atoms with Crippen LogP contribution in [0.1, 0.15) is 37.4 Å². The number of rotatable bonds is 2. The lowest BCUT2D eigenvalue weighted by Gasteiger charge is -2.12. The second kappa shape index (κ2) is 4.05. The molecule has 1 N–H and O–H groups in total. The minimum absolute atomic E-state index is 0.346. The van der Waals surface area contributed by atoms with Crippen LogP contribution in [0.25, 0.3) is 0 Å². The van der Waals surface area contributed by atoms with Gasteiger partial charge in [0.15, 0.2) is 0 Å². The predicted molar refractivity (Wildman–Crippen MR) is 65.3 cm³/mol. The van der Waals surface area contributed by atoms with Gasteiger partial charge in [0, 0.05) is 5.02 Å². The summed E-state index contributed by atoms with van der Waals surface area (Å²) in [6.45, 7) is 0. The number of hydrogen-bond acceptors (Lipinski definition) is 1. The van der Waals surface area contributed by atoms with E-state index < -0.39 is 0 Å². The fraction of sp³-hybridized carbons (Fsp3) is 0.571. The lowest BCUT2D eigenvalue weighted by molar-refractivity contribution is 0.142. The van der Waals surface area contributed by atoms with Gasteiger partial charge in [-0.25, -0.2) is 0 Å². The zero-order chi connectivity index (χ0) is 11.1. The Morgan fingerprint density at radius 2 is 1.75 bits per heavy atom. The molecule has 2 saturated carbocycles. The van der Waals surface area contributed by atoms with Gasteiger partial charge in [0.1, 0.15) is 0 Å². The van der Waals surface area contributed by atoms with Gasteiger partial charge in [-0.2, -0.15) is 0 Å². The smallest absolute Gasteiger partial charge is 0.0838 e. The summed E-state index contributed by atoms with van der Waals surface area (Å²) in [7, 11) is 0. The summed E-state index contributed by atoms with van der Waals surface area (Å²) >= 11 is 6.13. The molecule has 0 bridgehead atoms. The highest BCUT2D eigenvalue weighted by Crippen LogP contribution is 2.60. The van der Waals surface area contributed by atoms with Crippen molar-refractivity contribution >= 4 is 11.6 Å². The van der Waals surface area contributed by atoms with Gasteiger partial charge in [-0.15, -0.1) is 0 Å². The van der Waals surface area contributed by atoms with E-state index in [9.17, 15) is 5.11 Å². The quantitative estimate of drug-likeness (QED) is 0.828. The van der Waals surface area contributed by atoms with Gasteiger partial charge >= 0.3 is 0 Å². The third-order valence-electron chi connectivity index (χ3n) is 4.31. The molecule has 0 heterocycles. The Kier molecular flexibility index (Phi) is 2.68. The van der Waals surface area contributed by atoms with Crippen LogP contribution in [0, 0.1) is 17.8 Å². The van der Waals surface area contributed by atoms with Crippen molar-refractivity contribution in [2.24, 2.45) is 17.8 Å². The third-order valence-corrected chi connectivity index (χ3v) is 4.66. The van der Waals surface area contributed by atoms with Gasteiger partial charge in [-0.3, -0.25) is 0 Å². The normalized spacial score (nSPS) is 34.2. The molecule has 16 heavy (non-hydrogen) atoms. The Hall–Kier alpha value is -0.530. The standard InChI is InChI=1S/C14H17ClO/c15-12-8-4-3-7-11(12)14(16)13-9-5-1-2-6-10(9)13/h3-4,7-10,13-14,16H,1-2,5-6H2. The van der Waals surface area contributed by atoms with Crippen molar-refractivity contribution in [1.82, 2.24) is 0 Å². The van der Waals surface area contributed by atoms with Crippen LogP contribution >= 0.6 is 11.6 Å². The van der Waals surface area contributed by atoms with Crippen LogP contribution in [-0.4, -0.2) is 5.11 Å². The van der Waals surface area contributed by atoms with E-state index in [1.807, 2.05) is 24.3 Å². The van der Waals surface area contributed by atoms with Gasteiger partial charge < -0.3 is 5.11 Å². The largest absolute Gasteiger partial charge is 0.388 e. The lowest BCUT2D eigenvalue weighted by Crippen LogP contribution is -2.02. The predicted octanol–water partition coefficient (Wildman–Crippen LogP) is 3.81. The summed E-state index contributed by atoms with van der Waals surface area (Å²) in [6.07, 6.45) is 4.94. The monoisotopic (exact) mass is 236 g/mol. The van der Waals surface area contributed by atoms with E-state index in [4.69, 9.17) is 11.6 Å². The highest BCUT2D eigenvalue weighted by Gasteiger charge is 2.54. The molecule has 0 radical (unpaired) electrons. The van der Waals surface area contributed by atoms with Crippen LogP contribution in [0.3, 0.4) is 0 Å².